The van der Waals surface area contributed by atoms with Gasteiger partial charge in [-0.3, -0.25) is 4.79 Å². The number of anilines is 1. The lowest BCUT2D eigenvalue weighted by Gasteiger charge is -2.08. The first-order valence-corrected chi connectivity index (χ1v) is 9.23. The van der Waals surface area contributed by atoms with Gasteiger partial charge in [0.2, 0.25) is 0 Å². The van der Waals surface area contributed by atoms with Gasteiger partial charge in [-0.05, 0) is 42.0 Å². The van der Waals surface area contributed by atoms with Gasteiger partial charge < -0.3 is 5.32 Å². The molecule has 1 aliphatic rings. The number of hydrogen-bond acceptors (Lipinski definition) is 3. The Bertz CT molecular complexity index is 648. The van der Waals surface area contributed by atoms with Crippen LogP contribution in [0.5, 0.6) is 0 Å². The zero-order valence-electron chi connectivity index (χ0n) is 10.4. The first kappa shape index (κ1) is 14.4. The van der Waals surface area contributed by atoms with E-state index in [0.29, 0.717) is 10.7 Å². The molecule has 6 heteroatoms. The van der Waals surface area contributed by atoms with Gasteiger partial charge >= 0.3 is 0 Å². The van der Waals surface area contributed by atoms with Crippen molar-refractivity contribution >= 4 is 62.2 Å². The Hall–Kier alpha value is -0.490. The van der Waals surface area contributed by atoms with Crippen LogP contribution in [0, 0.1) is 0 Å². The first-order valence-electron chi connectivity index (χ1n) is 6.09. The van der Waals surface area contributed by atoms with Crippen LogP contribution in [0.3, 0.4) is 0 Å². The summed E-state index contributed by atoms with van der Waals surface area (Å²) >= 11 is 13.0. The summed E-state index contributed by atoms with van der Waals surface area (Å²) in [5.41, 5.74) is 1.93. The Morgan fingerprint density at radius 3 is 3.00 bits per heavy atom. The minimum absolute atomic E-state index is 0.0885. The van der Waals surface area contributed by atoms with E-state index in [1.54, 1.807) is 17.4 Å². The highest BCUT2D eigenvalue weighted by Gasteiger charge is 2.18. The fraction of sp³-hybridized carbons (Fsp3) is 0.214. The Labute approximate surface area is 139 Å². The summed E-state index contributed by atoms with van der Waals surface area (Å²) in [6.45, 7) is 0. The molecule has 0 unspecified atom stereocenters. The van der Waals surface area contributed by atoms with E-state index in [9.17, 15) is 4.79 Å². The number of amides is 1. The maximum Gasteiger partial charge on any atom is 0.265 e. The van der Waals surface area contributed by atoms with Gasteiger partial charge in [0.05, 0.1) is 15.6 Å². The normalized spacial score (nSPS) is 13.9. The maximum absolute atomic E-state index is 12.3. The summed E-state index contributed by atoms with van der Waals surface area (Å²) in [6.07, 6.45) is 1.07. The highest BCUT2D eigenvalue weighted by molar-refractivity contribution is 9.10. The molecule has 1 N–H and O–H groups in total. The van der Waals surface area contributed by atoms with Crippen LogP contribution in [0.1, 0.15) is 20.1 Å². The fourth-order valence-corrected chi connectivity index (χ4v) is 4.83. The first-order chi connectivity index (χ1) is 9.63. The van der Waals surface area contributed by atoms with Crippen molar-refractivity contribution in [3.05, 3.63) is 49.1 Å². The molecule has 1 aliphatic heterocycles. The molecule has 2 nitrogen and oxygen atoms in total. The van der Waals surface area contributed by atoms with Gasteiger partial charge in [-0.1, -0.05) is 27.5 Å². The van der Waals surface area contributed by atoms with Gasteiger partial charge in [-0.2, -0.15) is 11.8 Å². The summed E-state index contributed by atoms with van der Waals surface area (Å²) in [7, 11) is 0. The lowest BCUT2D eigenvalue weighted by atomic mass is 10.2. The number of benzene rings is 1. The van der Waals surface area contributed by atoms with E-state index in [1.807, 2.05) is 30.0 Å². The molecule has 0 spiro atoms. The Morgan fingerprint density at radius 1 is 1.35 bits per heavy atom. The standard InChI is InChI=1S/C14H11BrClNOS2/c15-9-1-2-10(16)11(6-9)17-14(18)13-5-8-7-19-4-3-12(8)20-13/h1-2,5-6H,3-4,7H2,(H,17,18). The van der Waals surface area contributed by atoms with Gasteiger partial charge in [0.1, 0.15) is 0 Å². The van der Waals surface area contributed by atoms with E-state index in [2.05, 4.69) is 21.2 Å². The van der Waals surface area contributed by atoms with E-state index in [1.165, 1.54) is 10.4 Å². The highest BCUT2D eigenvalue weighted by atomic mass is 79.9. The third kappa shape index (κ3) is 3.06. The number of aryl methyl sites for hydroxylation is 1. The number of thiophene rings is 1. The van der Waals surface area contributed by atoms with Crippen molar-refractivity contribution in [2.75, 3.05) is 11.1 Å². The Kier molecular flexibility index (Phi) is 4.40. The topological polar surface area (TPSA) is 29.1 Å². The maximum atomic E-state index is 12.3. The molecule has 2 aromatic rings. The summed E-state index contributed by atoms with van der Waals surface area (Å²) in [4.78, 5) is 14.4. The van der Waals surface area contributed by atoms with Gasteiger partial charge in [-0.15, -0.1) is 11.3 Å². The lowest BCUT2D eigenvalue weighted by Crippen LogP contribution is -2.10. The molecule has 0 saturated carbocycles. The van der Waals surface area contributed by atoms with Gasteiger partial charge in [-0.25, -0.2) is 0 Å². The van der Waals surface area contributed by atoms with Gasteiger partial charge in [0.15, 0.2) is 0 Å². The SMILES string of the molecule is O=C(Nc1cc(Br)ccc1Cl)c1cc2c(s1)CCSC2. The van der Waals surface area contributed by atoms with Crippen molar-refractivity contribution in [3.63, 3.8) is 0 Å². The van der Waals surface area contributed by atoms with Crippen LogP contribution >= 0.6 is 50.6 Å². The molecule has 1 aromatic heterocycles. The molecule has 1 aromatic carbocycles. The number of carbonyl (C=O) groups excluding carboxylic acids is 1. The monoisotopic (exact) mass is 387 g/mol. The minimum Gasteiger partial charge on any atom is -0.320 e. The van der Waals surface area contributed by atoms with Crippen molar-refractivity contribution in [3.8, 4) is 0 Å². The second-order valence-electron chi connectivity index (χ2n) is 4.44. The van der Waals surface area contributed by atoms with Crippen LogP contribution in [-0.4, -0.2) is 11.7 Å². The van der Waals surface area contributed by atoms with Gasteiger partial charge in [0, 0.05) is 15.1 Å². The molecule has 0 radical (unpaired) electrons. The van der Waals surface area contributed by atoms with Crippen molar-refractivity contribution < 1.29 is 4.79 Å². The number of rotatable bonds is 2. The Morgan fingerprint density at radius 2 is 2.20 bits per heavy atom. The number of halogens is 2. The molecule has 0 aliphatic carbocycles. The largest absolute Gasteiger partial charge is 0.320 e. The smallest absolute Gasteiger partial charge is 0.265 e. The molecular formula is C14H11BrClNOS2. The molecule has 104 valence electrons. The predicted octanol–water partition coefficient (Wildman–Crippen LogP) is 5.21. The van der Waals surface area contributed by atoms with Crippen molar-refractivity contribution in [2.45, 2.75) is 12.2 Å². The van der Waals surface area contributed by atoms with E-state index < -0.39 is 0 Å². The average Bonchev–Trinajstić information content (AvgIpc) is 2.87. The number of nitrogens with one attached hydrogen (secondary N) is 1. The molecule has 1 amide bonds. The van der Waals surface area contributed by atoms with Crippen LogP contribution in [-0.2, 0) is 12.2 Å². The number of hydrogen-bond donors (Lipinski definition) is 1. The van der Waals surface area contributed by atoms with Crippen molar-refractivity contribution in [1.29, 1.82) is 0 Å². The number of fused-ring (bicyclic) bond motifs is 1. The summed E-state index contributed by atoms with van der Waals surface area (Å²) in [5.74, 6) is 2.07. The van der Waals surface area contributed by atoms with E-state index in [0.717, 1.165) is 27.3 Å². The van der Waals surface area contributed by atoms with Crippen LogP contribution in [0.2, 0.25) is 5.02 Å². The second-order valence-corrected chi connectivity index (χ2v) is 8.00. The number of carbonyl (C=O) groups is 1. The van der Waals surface area contributed by atoms with E-state index >= 15 is 0 Å². The van der Waals surface area contributed by atoms with Crippen LogP contribution < -0.4 is 5.32 Å². The molecule has 0 saturated heterocycles. The second kappa shape index (κ2) is 6.10. The number of thioether (sulfide) groups is 1. The van der Waals surface area contributed by atoms with E-state index in [4.69, 9.17) is 11.6 Å². The summed E-state index contributed by atoms with van der Waals surface area (Å²) in [5, 5.41) is 3.42. The molecule has 0 fully saturated rings. The molecule has 0 atom stereocenters. The van der Waals surface area contributed by atoms with Crippen LogP contribution in [0.15, 0.2) is 28.7 Å². The third-order valence-corrected chi connectivity index (χ3v) is 6.09. The fourth-order valence-electron chi connectivity index (χ4n) is 2.04. The molecular weight excluding hydrogens is 378 g/mol. The van der Waals surface area contributed by atoms with Gasteiger partial charge in [0.25, 0.3) is 5.91 Å². The summed E-state index contributed by atoms with van der Waals surface area (Å²) in [6, 6.07) is 7.42. The third-order valence-electron chi connectivity index (χ3n) is 3.03. The minimum atomic E-state index is -0.0885. The average molecular weight is 389 g/mol. The quantitative estimate of drug-likeness (QED) is 0.765. The Balaban J connectivity index is 1.82. The van der Waals surface area contributed by atoms with Crippen LogP contribution in [0.4, 0.5) is 5.69 Å². The molecule has 0 bridgehead atoms. The van der Waals surface area contributed by atoms with Crippen molar-refractivity contribution in [2.24, 2.45) is 0 Å². The van der Waals surface area contributed by atoms with E-state index in [-0.39, 0.29) is 5.91 Å². The predicted molar refractivity (Wildman–Crippen MR) is 91.3 cm³/mol. The molecule has 20 heavy (non-hydrogen) atoms. The molecule has 2 heterocycles. The molecule has 3 rings (SSSR count). The van der Waals surface area contributed by atoms with Crippen LogP contribution in [0.25, 0.3) is 0 Å². The van der Waals surface area contributed by atoms with Crippen molar-refractivity contribution in [1.82, 2.24) is 0 Å². The summed E-state index contributed by atoms with van der Waals surface area (Å²) < 4.78 is 0.888. The highest BCUT2D eigenvalue weighted by Crippen LogP contribution is 2.33. The zero-order valence-corrected chi connectivity index (χ0v) is 14.4. The lowest BCUT2D eigenvalue weighted by molar-refractivity contribution is 0.103. The zero-order chi connectivity index (χ0) is 14.1.